The first-order valence-electron chi connectivity index (χ1n) is 8.38. The summed E-state index contributed by atoms with van der Waals surface area (Å²) in [6.07, 6.45) is 4.84. The van der Waals surface area contributed by atoms with Crippen molar-refractivity contribution in [1.82, 2.24) is 5.01 Å². The highest BCUT2D eigenvalue weighted by Gasteiger charge is 2.32. The van der Waals surface area contributed by atoms with Crippen LogP contribution in [0.5, 0.6) is 5.75 Å². The molecule has 2 aromatic carbocycles. The summed E-state index contributed by atoms with van der Waals surface area (Å²) < 4.78 is 0.231. The van der Waals surface area contributed by atoms with Crippen LogP contribution >= 0.6 is 24.0 Å². The van der Waals surface area contributed by atoms with Gasteiger partial charge in [0.25, 0.3) is 11.6 Å². The SMILES string of the molecule is CC(=Cc1ccccc1)C=C1SC(=S)N(N=Cc2cc([N+](=O)[O-])ccc2O)C1=O. The lowest BCUT2D eigenvalue weighted by Gasteiger charge is -2.06. The van der Waals surface area contributed by atoms with Crippen molar-refractivity contribution in [2.24, 2.45) is 5.10 Å². The van der Waals surface area contributed by atoms with Crippen molar-refractivity contribution in [3.05, 3.63) is 86.3 Å². The molecule has 9 heteroatoms. The lowest BCUT2D eigenvalue weighted by Crippen LogP contribution is -2.22. The maximum atomic E-state index is 12.6. The van der Waals surface area contributed by atoms with Gasteiger partial charge in [-0.2, -0.15) is 10.1 Å². The second-order valence-electron chi connectivity index (χ2n) is 6.04. The predicted molar refractivity (Wildman–Crippen MR) is 118 cm³/mol. The molecule has 3 rings (SSSR count). The zero-order valence-electron chi connectivity index (χ0n) is 15.2. The van der Waals surface area contributed by atoms with E-state index in [1.807, 2.05) is 43.3 Å². The van der Waals surface area contributed by atoms with E-state index in [1.54, 1.807) is 6.08 Å². The minimum Gasteiger partial charge on any atom is -0.507 e. The molecule has 0 aromatic heterocycles. The first kappa shape index (κ1) is 20.4. The standard InChI is InChI=1S/C20H15N3O4S2/c1-13(9-14-5-3-2-4-6-14)10-18-19(25)22(20(28)29-18)21-12-15-11-16(23(26)27)7-8-17(15)24/h2-12,24H,1H3. The van der Waals surface area contributed by atoms with E-state index in [0.29, 0.717) is 4.91 Å². The molecule has 1 amide bonds. The number of non-ortho nitro benzene ring substituents is 1. The minimum absolute atomic E-state index is 0.109. The molecule has 146 valence electrons. The highest BCUT2D eigenvalue weighted by molar-refractivity contribution is 8.26. The molecular formula is C20H15N3O4S2. The van der Waals surface area contributed by atoms with Crippen molar-refractivity contribution < 1.29 is 14.8 Å². The Morgan fingerprint density at radius 3 is 2.69 bits per heavy atom. The number of carbonyl (C=O) groups is 1. The summed E-state index contributed by atoms with van der Waals surface area (Å²) in [7, 11) is 0. The Bertz CT molecular complexity index is 1080. The largest absolute Gasteiger partial charge is 0.507 e. The topological polar surface area (TPSA) is 96.0 Å². The van der Waals surface area contributed by atoms with E-state index in [-0.39, 0.29) is 21.3 Å². The highest BCUT2D eigenvalue weighted by atomic mass is 32.2. The number of nitrogens with zero attached hydrogens (tertiary/aromatic N) is 3. The number of nitro groups is 1. The van der Waals surface area contributed by atoms with Gasteiger partial charge in [0.05, 0.1) is 16.0 Å². The van der Waals surface area contributed by atoms with Gasteiger partial charge < -0.3 is 5.11 Å². The number of hydrogen-bond acceptors (Lipinski definition) is 7. The van der Waals surface area contributed by atoms with Crippen LogP contribution in [0, 0.1) is 10.1 Å². The van der Waals surface area contributed by atoms with E-state index in [2.05, 4.69) is 5.10 Å². The van der Waals surface area contributed by atoms with Crippen molar-refractivity contribution >= 4 is 52.2 Å². The van der Waals surface area contributed by atoms with E-state index in [4.69, 9.17) is 12.2 Å². The number of aromatic hydroxyl groups is 1. The lowest BCUT2D eigenvalue weighted by atomic mass is 10.1. The number of carbonyl (C=O) groups excluding carboxylic acids is 1. The molecule has 1 saturated heterocycles. The van der Waals surface area contributed by atoms with E-state index < -0.39 is 10.8 Å². The summed E-state index contributed by atoms with van der Waals surface area (Å²) in [5.74, 6) is -0.594. The number of nitro benzene ring substituents is 1. The van der Waals surface area contributed by atoms with Crippen molar-refractivity contribution in [1.29, 1.82) is 0 Å². The molecule has 2 aromatic rings. The number of thiocarbonyl (C=S) groups is 1. The average Bonchev–Trinajstić information content (AvgIpc) is 2.94. The molecule has 7 nitrogen and oxygen atoms in total. The van der Waals surface area contributed by atoms with Gasteiger partial charge in [-0.1, -0.05) is 48.2 Å². The summed E-state index contributed by atoms with van der Waals surface area (Å²) in [5.41, 5.74) is 1.79. The number of benzene rings is 2. The molecule has 0 aliphatic carbocycles. The number of allylic oxidation sites excluding steroid dienone is 2. The molecule has 0 spiro atoms. The lowest BCUT2D eigenvalue weighted by molar-refractivity contribution is -0.384. The number of phenols is 1. The molecule has 1 heterocycles. The van der Waals surface area contributed by atoms with Crippen LogP contribution in [0.1, 0.15) is 18.1 Å². The number of rotatable bonds is 5. The average molecular weight is 425 g/mol. The number of amides is 1. The van der Waals surface area contributed by atoms with Crippen LogP contribution in [0.2, 0.25) is 0 Å². The van der Waals surface area contributed by atoms with Crippen LogP contribution in [0.15, 0.2) is 70.2 Å². The zero-order valence-corrected chi connectivity index (χ0v) is 16.8. The quantitative estimate of drug-likeness (QED) is 0.249. The molecule has 0 saturated carbocycles. The fourth-order valence-corrected chi connectivity index (χ4v) is 3.72. The molecule has 1 fully saturated rings. The molecule has 0 bridgehead atoms. The van der Waals surface area contributed by atoms with Crippen molar-refractivity contribution in [3.8, 4) is 5.75 Å². The first-order chi connectivity index (χ1) is 13.8. The summed E-state index contributed by atoms with van der Waals surface area (Å²) in [4.78, 5) is 23.3. The van der Waals surface area contributed by atoms with Crippen LogP contribution < -0.4 is 0 Å². The molecule has 0 radical (unpaired) electrons. The fraction of sp³-hybridized carbons (Fsp3) is 0.0500. The summed E-state index contributed by atoms with van der Waals surface area (Å²) in [6, 6.07) is 13.2. The Morgan fingerprint density at radius 1 is 1.28 bits per heavy atom. The molecular weight excluding hydrogens is 410 g/mol. The van der Waals surface area contributed by atoms with Gasteiger partial charge >= 0.3 is 0 Å². The Kier molecular flexibility index (Phi) is 6.20. The number of thioether (sulfide) groups is 1. The van der Waals surface area contributed by atoms with Gasteiger partial charge in [0, 0.05) is 17.7 Å². The molecule has 1 aliphatic heterocycles. The van der Waals surface area contributed by atoms with Gasteiger partial charge in [-0.05, 0) is 42.4 Å². The van der Waals surface area contributed by atoms with Gasteiger partial charge in [-0.25, -0.2) is 0 Å². The fourth-order valence-electron chi connectivity index (χ4n) is 2.50. The smallest absolute Gasteiger partial charge is 0.286 e. The van der Waals surface area contributed by atoms with Crippen LogP contribution in [0.4, 0.5) is 5.69 Å². The Labute approximate surface area is 176 Å². The first-order valence-corrected chi connectivity index (χ1v) is 9.60. The number of phenolic OH excluding ortho intramolecular Hbond substituents is 1. The van der Waals surface area contributed by atoms with E-state index in [1.165, 1.54) is 24.4 Å². The number of hydrazone groups is 1. The second kappa shape index (κ2) is 8.80. The van der Waals surface area contributed by atoms with E-state index >= 15 is 0 Å². The summed E-state index contributed by atoms with van der Waals surface area (Å²) >= 11 is 6.33. The zero-order chi connectivity index (χ0) is 21.0. The molecule has 29 heavy (non-hydrogen) atoms. The molecule has 1 aliphatic rings. The summed E-state index contributed by atoms with van der Waals surface area (Å²) in [5, 5.41) is 25.8. The van der Waals surface area contributed by atoms with E-state index in [9.17, 15) is 20.0 Å². The Morgan fingerprint density at radius 2 is 2.00 bits per heavy atom. The third-order valence-electron chi connectivity index (χ3n) is 3.86. The third-order valence-corrected chi connectivity index (χ3v) is 5.14. The molecule has 0 unspecified atom stereocenters. The van der Waals surface area contributed by atoms with Gasteiger partial charge in [0.1, 0.15) is 5.75 Å². The van der Waals surface area contributed by atoms with Crippen LogP contribution in [-0.4, -0.2) is 31.5 Å². The second-order valence-corrected chi connectivity index (χ2v) is 7.71. The van der Waals surface area contributed by atoms with Gasteiger partial charge in [0.2, 0.25) is 0 Å². The van der Waals surface area contributed by atoms with Crippen LogP contribution in [-0.2, 0) is 4.79 Å². The molecule has 0 atom stereocenters. The van der Waals surface area contributed by atoms with Crippen LogP contribution in [0.3, 0.4) is 0 Å². The van der Waals surface area contributed by atoms with E-state index in [0.717, 1.165) is 27.9 Å². The normalized spacial score (nSPS) is 16.2. The maximum absolute atomic E-state index is 12.6. The van der Waals surface area contributed by atoms with Crippen molar-refractivity contribution in [2.75, 3.05) is 0 Å². The van der Waals surface area contributed by atoms with Crippen LogP contribution in [0.25, 0.3) is 6.08 Å². The van der Waals surface area contributed by atoms with Gasteiger partial charge in [-0.3, -0.25) is 14.9 Å². The maximum Gasteiger partial charge on any atom is 0.286 e. The highest BCUT2D eigenvalue weighted by Crippen LogP contribution is 2.32. The molecule has 1 N–H and O–H groups in total. The van der Waals surface area contributed by atoms with Gasteiger partial charge in [0.15, 0.2) is 4.32 Å². The third kappa shape index (κ3) is 4.95. The van der Waals surface area contributed by atoms with Crippen molar-refractivity contribution in [3.63, 3.8) is 0 Å². The predicted octanol–water partition coefficient (Wildman–Crippen LogP) is 4.48. The minimum atomic E-state index is -0.582. The Hall–Kier alpha value is -3.30. The monoisotopic (exact) mass is 425 g/mol. The number of hydrogen-bond donors (Lipinski definition) is 1. The van der Waals surface area contributed by atoms with Crippen molar-refractivity contribution in [2.45, 2.75) is 6.92 Å². The summed E-state index contributed by atoms with van der Waals surface area (Å²) in [6.45, 7) is 1.88. The van der Waals surface area contributed by atoms with Gasteiger partial charge in [-0.15, -0.1) is 0 Å². The Balaban J connectivity index is 1.81.